The maximum absolute atomic E-state index is 5.21. The van der Waals surface area contributed by atoms with Crippen LogP contribution in [0.3, 0.4) is 0 Å². The highest BCUT2D eigenvalue weighted by Gasteiger charge is 2.34. The van der Waals surface area contributed by atoms with Crippen molar-refractivity contribution in [2.24, 2.45) is 4.99 Å². The van der Waals surface area contributed by atoms with Gasteiger partial charge in [0, 0.05) is 51.6 Å². The highest BCUT2D eigenvalue weighted by molar-refractivity contribution is 6.12. The fourth-order valence-electron chi connectivity index (χ4n) is 6.62. The summed E-state index contributed by atoms with van der Waals surface area (Å²) in [5, 5.41) is 3.82. The third kappa shape index (κ3) is 3.33. The minimum absolute atomic E-state index is 0.314. The Labute approximate surface area is 227 Å². The molecule has 0 saturated carbocycles. The highest BCUT2D eigenvalue weighted by Crippen LogP contribution is 2.50. The molecule has 3 nitrogen and oxygen atoms in total. The summed E-state index contributed by atoms with van der Waals surface area (Å²) in [7, 11) is 0. The van der Waals surface area contributed by atoms with Crippen LogP contribution in [0.25, 0.3) is 38.4 Å². The van der Waals surface area contributed by atoms with Gasteiger partial charge in [-0.05, 0) is 53.6 Å². The van der Waals surface area contributed by atoms with E-state index >= 15 is 0 Å². The molecule has 0 N–H and O–H groups in total. The van der Waals surface area contributed by atoms with E-state index in [-0.39, 0.29) is 0 Å². The summed E-state index contributed by atoms with van der Waals surface area (Å²) < 4.78 is 4.79. The van der Waals surface area contributed by atoms with Crippen LogP contribution in [0.5, 0.6) is 0 Å². The van der Waals surface area contributed by atoms with Gasteiger partial charge in [0.15, 0.2) is 0 Å². The van der Waals surface area contributed by atoms with Crippen LogP contribution in [-0.2, 0) is 6.42 Å². The van der Waals surface area contributed by atoms with Gasteiger partial charge in [-0.2, -0.15) is 0 Å². The van der Waals surface area contributed by atoms with Gasteiger partial charge in [-0.15, -0.1) is 0 Å². The lowest BCUT2D eigenvalue weighted by Crippen LogP contribution is -2.08. The second-order valence-corrected chi connectivity index (χ2v) is 10.5. The van der Waals surface area contributed by atoms with Crippen LogP contribution in [0, 0.1) is 0 Å². The number of hydrogen-bond donors (Lipinski definition) is 0. The van der Waals surface area contributed by atoms with E-state index in [1.807, 2.05) is 6.08 Å². The van der Waals surface area contributed by atoms with Crippen LogP contribution in [0.4, 0.5) is 5.69 Å². The smallest absolute Gasteiger partial charge is 0.0643 e. The number of aliphatic imine (C=N–C) groups is 1. The Balaban J connectivity index is 1.26. The Bertz CT molecular complexity index is 2010. The molecule has 39 heavy (non-hydrogen) atoms. The molecular weight excluding hydrogens is 474 g/mol. The third-order valence-electron chi connectivity index (χ3n) is 8.29. The predicted octanol–water partition coefficient (Wildman–Crippen LogP) is 9.00. The lowest BCUT2D eigenvalue weighted by atomic mass is 9.89. The van der Waals surface area contributed by atoms with E-state index in [4.69, 9.17) is 4.99 Å². The average Bonchev–Trinajstić information content (AvgIpc) is 3.64. The van der Waals surface area contributed by atoms with Crippen molar-refractivity contribution < 1.29 is 0 Å². The van der Waals surface area contributed by atoms with Gasteiger partial charge in [0.1, 0.15) is 0 Å². The fourth-order valence-corrected chi connectivity index (χ4v) is 6.62. The minimum atomic E-state index is 0.314. The van der Waals surface area contributed by atoms with Crippen molar-refractivity contribution in [3.63, 3.8) is 0 Å². The van der Waals surface area contributed by atoms with E-state index in [1.165, 1.54) is 43.8 Å². The lowest BCUT2D eigenvalue weighted by Gasteiger charge is -2.20. The van der Waals surface area contributed by atoms with E-state index in [2.05, 4.69) is 137 Å². The molecule has 1 aliphatic carbocycles. The Morgan fingerprint density at radius 3 is 2.38 bits per heavy atom. The van der Waals surface area contributed by atoms with Crippen molar-refractivity contribution in [1.82, 2.24) is 9.13 Å². The van der Waals surface area contributed by atoms with E-state index < -0.39 is 0 Å². The zero-order valence-electron chi connectivity index (χ0n) is 21.5. The van der Waals surface area contributed by atoms with Gasteiger partial charge in [0.25, 0.3) is 0 Å². The molecule has 186 valence electrons. The standard InChI is InChI=1S/C36H27N3/c1-2-25(20-24-23-38(27-12-4-3-5-13-27)33-17-9-6-14-28(24)33)37-26-21-31-29-15-7-10-18-34(29)39-35-19-11-8-16-30(35)32(22-26)36(31)39/h2-19,21-23,29,34H,1,20H2. The van der Waals surface area contributed by atoms with Crippen molar-refractivity contribution in [3.8, 4) is 5.69 Å². The summed E-state index contributed by atoms with van der Waals surface area (Å²) in [6.07, 6.45) is 13.9. The van der Waals surface area contributed by atoms with Crippen molar-refractivity contribution in [2.75, 3.05) is 0 Å². The van der Waals surface area contributed by atoms with Gasteiger partial charge in [-0.3, -0.25) is 4.99 Å². The van der Waals surface area contributed by atoms with Gasteiger partial charge < -0.3 is 9.13 Å². The van der Waals surface area contributed by atoms with Crippen LogP contribution in [0.2, 0.25) is 0 Å². The monoisotopic (exact) mass is 501 g/mol. The fraction of sp³-hybridized carbons (Fsp3) is 0.0833. The number of nitrogens with zero attached hydrogens (tertiary/aromatic N) is 3. The van der Waals surface area contributed by atoms with Crippen LogP contribution >= 0.6 is 0 Å². The molecule has 3 heteroatoms. The summed E-state index contributed by atoms with van der Waals surface area (Å²) >= 11 is 0. The molecule has 0 amide bonds. The second kappa shape index (κ2) is 8.57. The quantitative estimate of drug-likeness (QED) is 0.210. The normalized spacial score (nSPS) is 17.9. The summed E-state index contributed by atoms with van der Waals surface area (Å²) in [5.41, 5.74) is 9.56. The van der Waals surface area contributed by atoms with E-state index in [1.54, 1.807) is 0 Å². The molecule has 3 heterocycles. The van der Waals surface area contributed by atoms with Gasteiger partial charge in [0.05, 0.1) is 22.8 Å². The molecule has 2 aromatic heterocycles. The first-order chi connectivity index (χ1) is 19.3. The molecule has 2 atom stereocenters. The van der Waals surface area contributed by atoms with E-state index in [0.29, 0.717) is 18.4 Å². The third-order valence-corrected chi connectivity index (χ3v) is 8.29. The largest absolute Gasteiger partial charge is 0.332 e. The van der Waals surface area contributed by atoms with Gasteiger partial charge in [-0.1, -0.05) is 85.5 Å². The maximum Gasteiger partial charge on any atom is 0.0643 e. The number of aromatic nitrogens is 2. The molecular formula is C36H27N3. The minimum Gasteiger partial charge on any atom is -0.332 e. The molecule has 2 unspecified atom stereocenters. The van der Waals surface area contributed by atoms with Crippen LogP contribution in [-0.4, -0.2) is 14.8 Å². The van der Waals surface area contributed by atoms with Gasteiger partial charge >= 0.3 is 0 Å². The SMILES string of the molecule is C=CC(Cc1cn(-c2ccccc2)c2ccccc12)=Nc1cc2c3c(c1)c1ccccc1n3C1C=CC=CC21. The van der Waals surface area contributed by atoms with Crippen molar-refractivity contribution in [3.05, 3.63) is 145 Å². The first-order valence-corrected chi connectivity index (χ1v) is 13.6. The number of hydrogen-bond acceptors (Lipinski definition) is 1. The summed E-state index contributed by atoms with van der Waals surface area (Å²) in [6, 6.07) is 32.7. The molecule has 0 radical (unpaired) electrons. The number of allylic oxidation sites excluding steroid dienone is 5. The topological polar surface area (TPSA) is 22.2 Å². The number of rotatable bonds is 5. The Morgan fingerprint density at radius 2 is 1.54 bits per heavy atom. The van der Waals surface area contributed by atoms with Crippen LogP contribution in [0.1, 0.15) is 23.1 Å². The van der Waals surface area contributed by atoms with Gasteiger partial charge in [0.2, 0.25) is 0 Å². The molecule has 0 bridgehead atoms. The van der Waals surface area contributed by atoms with Crippen molar-refractivity contribution >= 4 is 44.1 Å². The van der Waals surface area contributed by atoms with Gasteiger partial charge in [-0.25, -0.2) is 0 Å². The number of benzene rings is 4. The Hall–Kier alpha value is -4.89. The first-order valence-electron chi connectivity index (χ1n) is 13.6. The second-order valence-electron chi connectivity index (χ2n) is 10.5. The molecule has 0 fully saturated rings. The molecule has 0 saturated heterocycles. The molecule has 1 aliphatic heterocycles. The molecule has 0 spiro atoms. The Morgan fingerprint density at radius 1 is 0.795 bits per heavy atom. The molecule has 4 aromatic carbocycles. The zero-order valence-corrected chi connectivity index (χ0v) is 21.5. The molecule has 8 rings (SSSR count). The summed E-state index contributed by atoms with van der Waals surface area (Å²) in [5.74, 6) is 0.336. The number of fused-ring (bicyclic) bond motifs is 7. The lowest BCUT2D eigenvalue weighted by molar-refractivity contribution is 0.615. The van der Waals surface area contributed by atoms with E-state index in [9.17, 15) is 0 Å². The number of para-hydroxylation sites is 3. The molecule has 2 aliphatic rings. The van der Waals surface area contributed by atoms with Crippen molar-refractivity contribution in [1.29, 1.82) is 0 Å². The van der Waals surface area contributed by atoms with Crippen molar-refractivity contribution in [2.45, 2.75) is 18.4 Å². The zero-order chi connectivity index (χ0) is 25.9. The highest BCUT2D eigenvalue weighted by atomic mass is 15.0. The predicted molar refractivity (Wildman–Crippen MR) is 164 cm³/mol. The first kappa shape index (κ1) is 22.1. The molecule has 6 aromatic rings. The maximum atomic E-state index is 5.21. The van der Waals surface area contributed by atoms with Crippen LogP contribution in [0.15, 0.2) is 139 Å². The summed E-state index contributed by atoms with van der Waals surface area (Å²) in [6.45, 7) is 4.16. The Kier molecular flexibility index (Phi) is 4.86. The summed E-state index contributed by atoms with van der Waals surface area (Å²) in [4.78, 5) is 5.21. The van der Waals surface area contributed by atoms with E-state index in [0.717, 1.165) is 17.1 Å². The average molecular weight is 502 g/mol. The van der Waals surface area contributed by atoms with Crippen LogP contribution < -0.4 is 0 Å².